The average Bonchev–Trinajstić information content (AvgIpc) is 2.46. The van der Waals surface area contributed by atoms with Crippen molar-refractivity contribution in [2.45, 2.75) is 9.79 Å². The standard InChI is InChI=1S/C13H13N3O3S/c1-19-9-4-2-5-10(8-9)20-12-7-3-6-11(15-14)13(12)16(17)18/h2-8,15H,14H2,1H3. The lowest BCUT2D eigenvalue weighted by molar-refractivity contribution is -0.386. The van der Waals surface area contributed by atoms with E-state index in [0.717, 1.165) is 4.90 Å². The zero-order chi connectivity index (χ0) is 14.5. The van der Waals surface area contributed by atoms with E-state index in [1.54, 1.807) is 25.3 Å². The number of nitrogen functional groups attached to an aromatic ring is 1. The van der Waals surface area contributed by atoms with Gasteiger partial charge in [0.15, 0.2) is 0 Å². The first-order chi connectivity index (χ1) is 9.65. The number of nitrogens with two attached hydrogens (primary N) is 1. The second-order valence-electron chi connectivity index (χ2n) is 3.83. The lowest BCUT2D eigenvalue weighted by Crippen LogP contribution is -2.09. The summed E-state index contributed by atoms with van der Waals surface area (Å²) in [4.78, 5) is 12.1. The van der Waals surface area contributed by atoms with Gasteiger partial charge in [0.25, 0.3) is 0 Å². The SMILES string of the molecule is COc1cccc(Sc2cccc(NN)c2[N+](=O)[O-])c1. The molecule has 2 rings (SSSR count). The molecule has 3 N–H and O–H groups in total. The molecular weight excluding hydrogens is 278 g/mol. The van der Waals surface area contributed by atoms with Gasteiger partial charge < -0.3 is 10.2 Å². The van der Waals surface area contributed by atoms with Gasteiger partial charge in [-0.25, -0.2) is 0 Å². The Labute approximate surface area is 120 Å². The maximum absolute atomic E-state index is 11.2. The lowest BCUT2D eigenvalue weighted by Gasteiger charge is -2.08. The zero-order valence-corrected chi connectivity index (χ0v) is 11.5. The number of anilines is 1. The summed E-state index contributed by atoms with van der Waals surface area (Å²) in [6.45, 7) is 0. The van der Waals surface area contributed by atoms with Crippen molar-refractivity contribution >= 4 is 23.1 Å². The third kappa shape index (κ3) is 3.01. The van der Waals surface area contributed by atoms with E-state index < -0.39 is 4.92 Å². The molecule has 0 unspecified atom stereocenters. The normalized spacial score (nSPS) is 10.1. The monoisotopic (exact) mass is 291 g/mol. The first kappa shape index (κ1) is 14.2. The molecule has 0 atom stereocenters. The number of methoxy groups -OCH3 is 1. The molecule has 20 heavy (non-hydrogen) atoms. The highest BCUT2D eigenvalue weighted by Gasteiger charge is 2.19. The topological polar surface area (TPSA) is 90.4 Å². The van der Waals surface area contributed by atoms with Gasteiger partial charge >= 0.3 is 5.69 Å². The highest BCUT2D eigenvalue weighted by atomic mass is 32.2. The van der Waals surface area contributed by atoms with Crippen molar-refractivity contribution < 1.29 is 9.66 Å². The summed E-state index contributed by atoms with van der Waals surface area (Å²) in [6.07, 6.45) is 0. The third-order valence-corrected chi connectivity index (χ3v) is 3.65. The first-order valence-electron chi connectivity index (χ1n) is 5.71. The van der Waals surface area contributed by atoms with Gasteiger partial charge in [-0.05, 0) is 30.3 Å². The van der Waals surface area contributed by atoms with Crippen LogP contribution in [0.15, 0.2) is 52.3 Å². The molecule has 0 saturated carbocycles. The Bertz CT molecular complexity index is 634. The second kappa shape index (κ2) is 6.27. The molecule has 7 heteroatoms. The second-order valence-corrected chi connectivity index (χ2v) is 4.95. The first-order valence-corrected chi connectivity index (χ1v) is 6.53. The molecule has 0 radical (unpaired) electrons. The predicted molar refractivity (Wildman–Crippen MR) is 78.0 cm³/mol. The van der Waals surface area contributed by atoms with Crippen molar-refractivity contribution in [3.8, 4) is 5.75 Å². The van der Waals surface area contributed by atoms with E-state index in [-0.39, 0.29) is 11.4 Å². The van der Waals surface area contributed by atoms with Crippen LogP contribution < -0.4 is 16.0 Å². The summed E-state index contributed by atoms with van der Waals surface area (Å²) in [7, 11) is 1.57. The summed E-state index contributed by atoms with van der Waals surface area (Å²) >= 11 is 1.28. The number of hydrogen-bond acceptors (Lipinski definition) is 6. The van der Waals surface area contributed by atoms with Crippen LogP contribution in [0.2, 0.25) is 0 Å². The number of nitro groups is 1. The smallest absolute Gasteiger partial charge is 0.307 e. The summed E-state index contributed by atoms with van der Waals surface area (Å²) in [5, 5.41) is 11.2. The van der Waals surface area contributed by atoms with Gasteiger partial charge in [-0.3, -0.25) is 16.0 Å². The summed E-state index contributed by atoms with van der Waals surface area (Å²) < 4.78 is 5.14. The van der Waals surface area contributed by atoms with Crippen molar-refractivity contribution in [1.29, 1.82) is 0 Å². The van der Waals surface area contributed by atoms with E-state index in [0.29, 0.717) is 10.6 Å². The number of hydrogen-bond donors (Lipinski definition) is 2. The molecule has 0 fully saturated rings. The van der Waals surface area contributed by atoms with Crippen LogP contribution in [0.25, 0.3) is 0 Å². The van der Waals surface area contributed by atoms with E-state index in [4.69, 9.17) is 10.6 Å². The zero-order valence-electron chi connectivity index (χ0n) is 10.7. The number of hydrazine groups is 1. The molecule has 104 valence electrons. The average molecular weight is 291 g/mol. The van der Waals surface area contributed by atoms with Crippen molar-refractivity contribution in [2.24, 2.45) is 5.84 Å². The molecule has 0 spiro atoms. The van der Waals surface area contributed by atoms with Crippen LogP contribution in [0.5, 0.6) is 5.75 Å². The fourth-order valence-corrected chi connectivity index (χ4v) is 2.70. The van der Waals surface area contributed by atoms with Crippen molar-refractivity contribution in [1.82, 2.24) is 0 Å². The highest BCUT2D eigenvalue weighted by Crippen LogP contribution is 2.39. The minimum Gasteiger partial charge on any atom is -0.497 e. The molecule has 0 aliphatic heterocycles. The maximum atomic E-state index is 11.2. The molecular formula is C13H13N3O3S. The Kier molecular flexibility index (Phi) is 4.44. The Hall–Kier alpha value is -2.25. The molecule has 0 aliphatic rings. The van der Waals surface area contributed by atoms with Gasteiger partial charge in [-0.2, -0.15) is 0 Å². The molecule has 0 amide bonds. The van der Waals surface area contributed by atoms with Gasteiger partial charge in [-0.1, -0.05) is 23.9 Å². The maximum Gasteiger partial charge on any atom is 0.307 e. The number of ether oxygens (including phenoxy) is 1. The van der Waals surface area contributed by atoms with Gasteiger partial charge in [0, 0.05) is 4.90 Å². The van der Waals surface area contributed by atoms with E-state index in [1.165, 1.54) is 11.8 Å². The lowest BCUT2D eigenvalue weighted by atomic mass is 10.3. The molecule has 2 aromatic rings. The molecule has 0 bridgehead atoms. The number of nitrogens with zero attached hydrogens (tertiary/aromatic N) is 1. The Balaban J connectivity index is 2.40. The van der Waals surface area contributed by atoms with Crippen LogP contribution in [0.4, 0.5) is 11.4 Å². The molecule has 0 saturated heterocycles. The minimum absolute atomic E-state index is 0.0391. The number of benzene rings is 2. The van der Waals surface area contributed by atoms with Crippen molar-refractivity contribution in [2.75, 3.05) is 12.5 Å². The van der Waals surface area contributed by atoms with Crippen LogP contribution >= 0.6 is 11.8 Å². The molecule has 0 aliphatic carbocycles. The van der Waals surface area contributed by atoms with Crippen LogP contribution in [0, 0.1) is 10.1 Å². The van der Waals surface area contributed by atoms with E-state index in [1.807, 2.05) is 24.3 Å². The number of nitrogens with one attached hydrogen (secondary N) is 1. The summed E-state index contributed by atoms with van der Waals surface area (Å²) in [5.74, 6) is 6.01. The Morgan fingerprint density at radius 1 is 1.30 bits per heavy atom. The van der Waals surface area contributed by atoms with Crippen LogP contribution in [-0.2, 0) is 0 Å². The third-order valence-electron chi connectivity index (χ3n) is 2.61. The van der Waals surface area contributed by atoms with Gasteiger partial charge in [-0.15, -0.1) is 0 Å². The van der Waals surface area contributed by atoms with Gasteiger partial charge in [0.1, 0.15) is 11.4 Å². The van der Waals surface area contributed by atoms with Gasteiger partial charge in [0.05, 0.1) is 16.9 Å². The predicted octanol–water partition coefficient (Wildman–Crippen LogP) is 3.04. The largest absolute Gasteiger partial charge is 0.497 e. The van der Waals surface area contributed by atoms with Crippen LogP contribution in [0.1, 0.15) is 0 Å². The molecule has 0 aromatic heterocycles. The van der Waals surface area contributed by atoms with Crippen LogP contribution in [0.3, 0.4) is 0 Å². The van der Waals surface area contributed by atoms with E-state index >= 15 is 0 Å². The minimum atomic E-state index is -0.447. The summed E-state index contributed by atoms with van der Waals surface area (Å²) in [5.41, 5.74) is 2.59. The van der Waals surface area contributed by atoms with Crippen LogP contribution in [-0.4, -0.2) is 12.0 Å². The Morgan fingerprint density at radius 3 is 2.70 bits per heavy atom. The number of rotatable bonds is 5. The molecule has 6 nitrogen and oxygen atoms in total. The van der Waals surface area contributed by atoms with Crippen molar-refractivity contribution in [3.05, 3.63) is 52.6 Å². The van der Waals surface area contributed by atoms with E-state index in [9.17, 15) is 10.1 Å². The molecule has 0 heterocycles. The van der Waals surface area contributed by atoms with Gasteiger partial charge in [0.2, 0.25) is 0 Å². The fraction of sp³-hybridized carbons (Fsp3) is 0.0769. The highest BCUT2D eigenvalue weighted by molar-refractivity contribution is 7.99. The van der Waals surface area contributed by atoms with E-state index in [2.05, 4.69) is 5.43 Å². The molecule has 2 aromatic carbocycles. The fourth-order valence-electron chi connectivity index (χ4n) is 1.70. The summed E-state index contributed by atoms with van der Waals surface area (Å²) in [6, 6.07) is 12.3. The Morgan fingerprint density at radius 2 is 2.05 bits per heavy atom. The number of para-hydroxylation sites is 1. The van der Waals surface area contributed by atoms with Crippen molar-refractivity contribution in [3.63, 3.8) is 0 Å². The quantitative estimate of drug-likeness (QED) is 0.500. The number of nitro benzene ring substituents is 1.